The number of urea groups is 1. The highest BCUT2D eigenvalue weighted by Gasteiger charge is 2.37. The van der Waals surface area contributed by atoms with Gasteiger partial charge in [0.2, 0.25) is 0 Å². The molecule has 0 saturated carbocycles. The maximum Gasteiger partial charge on any atom is 0.335 e. The molecule has 6 nitrogen and oxygen atoms in total. The minimum atomic E-state index is -0.807. The Kier molecular flexibility index (Phi) is 6.88. The predicted octanol–water partition coefficient (Wildman–Crippen LogP) is 5.40. The summed E-state index contributed by atoms with van der Waals surface area (Å²) in [5, 5.41) is 2.23. The van der Waals surface area contributed by atoms with Crippen molar-refractivity contribution in [3.8, 4) is 5.75 Å². The van der Waals surface area contributed by atoms with Gasteiger partial charge in [0.15, 0.2) is 0 Å². The summed E-state index contributed by atoms with van der Waals surface area (Å²) in [5.41, 5.74) is 2.42. The van der Waals surface area contributed by atoms with Crippen molar-refractivity contribution < 1.29 is 23.5 Å². The topological polar surface area (TPSA) is 75.7 Å². The fraction of sp³-hybridized carbons (Fsp3) is 0.115. The molecule has 3 aromatic carbocycles. The van der Waals surface area contributed by atoms with E-state index >= 15 is 0 Å². The first-order valence-corrected chi connectivity index (χ1v) is 11.3. The number of amides is 4. The summed E-state index contributed by atoms with van der Waals surface area (Å²) >= 11 is 3.39. The summed E-state index contributed by atoms with van der Waals surface area (Å²) in [6.07, 6.45) is 2.20. The average Bonchev–Trinajstić information content (AvgIpc) is 2.82. The third-order valence-electron chi connectivity index (χ3n) is 5.28. The van der Waals surface area contributed by atoms with Gasteiger partial charge in [-0.05, 0) is 66.1 Å². The maximum absolute atomic E-state index is 13.2. The van der Waals surface area contributed by atoms with Gasteiger partial charge in [-0.2, -0.15) is 0 Å². The molecule has 172 valence electrons. The Morgan fingerprint density at radius 3 is 2.32 bits per heavy atom. The van der Waals surface area contributed by atoms with Gasteiger partial charge in [-0.3, -0.25) is 14.9 Å². The lowest BCUT2D eigenvalue weighted by Crippen LogP contribution is -2.54. The summed E-state index contributed by atoms with van der Waals surface area (Å²) in [6, 6.07) is 17.2. The summed E-state index contributed by atoms with van der Waals surface area (Å²) in [6.45, 7) is 2.16. The van der Waals surface area contributed by atoms with E-state index in [2.05, 4.69) is 21.2 Å². The number of hydrogen-bond donors (Lipinski definition) is 1. The van der Waals surface area contributed by atoms with Crippen LogP contribution in [-0.4, -0.2) is 17.8 Å². The molecule has 0 radical (unpaired) electrons. The van der Waals surface area contributed by atoms with Gasteiger partial charge in [0, 0.05) is 10.0 Å². The van der Waals surface area contributed by atoms with Crippen LogP contribution in [0.25, 0.3) is 6.08 Å². The van der Waals surface area contributed by atoms with E-state index in [4.69, 9.17) is 4.74 Å². The molecule has 0 atom stereocenters. The SMILES string of the molecule is CCc1ccc(N2C(=O)NC(=O)/C(=C/c3cc(Br)ccc3OCc3ccc(F)cc3)C2=O)cc1. The monoisotopic (exact) mass is 522 g/mol. The summed E-state index contributed by atoms with van der Waals surface area (Å²) in [7, 11) is 0. The number of aryl methyl sites for hydroxylation is 1. The molecule has 1 aliphatic heterocycles. The van der Waals surface area contributed by atoms with Crippen molar-refractivity contribution >= 4 is 45.5 Å². The molecule has 1 heterocycles. The van der Waals surface area contributed by atoms with Crippen LogP contribution >= 0.6 is 15.9 Å². The van der Waals surface area contributed by atoms with E-state index in [1.54, 1.807) is 42.5 Å². The zero-order chi connectivity index (χ0) is 24.2. The Morgan fingerprint density at radius 2 is 1.65 bits per heavy atom. The Bertz CT molecular complexity index is 1290. The summed E-state index contributed by atoms with van der Waals surface area (Å²) in [4.78, 5) is 39.2. The second-order valence-electron chi connectivity index (χ2n) is 7.58. The second-order valence-corrected chi connectivity index (χ2v) is 8.49. The van der Waals surface area contributed by atoms with E-state index in [1.807, 2.05) is 19.1 Å². The molecule has 4 amide bonds. The standard InChI is InChI=1S/C26H20BrFN2O4/c1-2-16-5-10-21(11-6-16)30-25(32)22(24(31)29-26(30)33)14-18-13-19(27)7-12-23(18)34-15-17-3-8-20(28)9-4-17/h3-14H,2,15H2,1H3,(H,29,31,33)/b22-14-. The van der Waals surface area contributed by atoms with Gasteiger partial charge >= 0.3 is 6.03 Å². The number of carbonyl (C=O) groups excluding carboxylic acids is 3. The van der Waals surface area contributed by atoms with Gasteiger partial charge in [0.05, 0.1) is 5.69 Å². The zero-order valence-corrected chi connectivity index (χ0v) is 19.8. The molecule has 0 spiro atoms. The third kappa shape index (κ3) is 5.07. The van der Waals surface area contributed by atoms with E-state index in [9.17, 15) is 18.8 Å². The zero-order valence-electron chi connectivity index (χ0n) is 18.2. The number of nitrogens with zero attached hydrogens (tertiary/aromatic N) is 1. The van der Waals surface area contributed by atoms with Crippen LogP contribution in [0.2, 0.25) is 0 Å². The molecule has 1 fully saturated rings. The smallest absolute Gasteiger partial charge is 0.335 e. The molecular weight excluding hydrogens is 503 g/mol. The Morgan fingerprint density at radius 1 is 0.971 bits per heavy atom. The number of rotatable bonds is 6. The van der Waals surface area contributed by atoms with Crippen molar-refractivity contribution in [1.82, 2.24) is 5.32 Å². The highest BCUT2D eigenvalue weighted by molar-refractivity contribution is 9.10. The molecule has 0 aromatic heterocycles. The summed E-state index contributed by atoms with van der Waals surface area (Å²) in [5.74, 6) is -1.46. The third-order valence-corrected chi connectivity index (χ3v) is 5.78. The van der Waals surface area contributed by atoms with E-state index < -0.39 is 17.8 Å². The Balaban J connectivity index is 1.65. The van der Waals surface area contributed by atoms with E-state index in [0.717, 1.165) is 22.4 Å². The van der Waals surface area contributed by atoms with Crippen molar-refractivity contribution in [2.75, 3.05) is 4.90 Å². The van der Waals surface area contributed by atoms with Gasteiger partial charge in [-0.15, -0.1) is 0 Å². The number of barbiturate groups is 1. The molecule has 8 heteroatoms. The highest BCUT2D eigenvalue weighted by Crippen LogP contribution is 2.29. The maximum atomic E-state index is 13.2. The first-order chi connectivity index (χ1) is 16.4. The molecule has 0 unspecified atom stereocenters. The number of ether oxygens (including phenoxy) is 1. The van der Waals surface area contributed by atoms with Gasteiger partial charge in [-0.25, -0.2) is 14.1 Å². The van der Waals surface area contributed by atoms with Crippen LogP contribution in [0.4, 0.5) is 14.9 Å². The lowest BCUT2D eigenvalue weighted by Gasteiger charge is -2.26. The van der Waals surface area contributed by atoms with Crippen LogP contribution in [0.3, 0.4) is 0 Å². The second kappa shape index (κ2) is 10.0. The van der Waals surface area contributed by atoms with Crippen LogP contribution in [0.15, 0.2) is 76.8 Å². The van der Waals surface area contributed by atoms with Gasteiger partial charge < -0.3 is 4.74 Å². The van der Waals surface area contributed by atoms with Crippen LogP contribution in [0.5, 0.6) is 5.75 Å². The summed E-state index contributed by atoms with van der Waals surface area (Å²) < 4.78 is 19.7. The molecule has 1 aliphatic rings. The normalized spacial score (nSPS) is 15.0. The number of benzene rings is 3. The first kappa shape index (κ1) is 23.4. The highest BCUT2D eigenvalue weighted by atomic mass is 79.9. The van der Waals surface area contributed by atoms with Gasteiger partial charge in [0.25, 0.3) is 11.8 Å². The van der Waals surface area contributed by atoms with Crippen LogP contribution in [-0.2, 0) is 22.6 Å². The minimum absolute atomic E-state index is 0.159. The fourth-order valence-electron chi connectivity index (χ4n) is 3.43. The molecule has 4 rings (SSSR count). The first-order valence-electron chi connectivity index (χ1n) is 10.5. The van der Waals surface area contributed by atoms with E-state index in [1.165, 1.54) is 18.2 Å². The van der Waals surface area contributed by atoms with Gasteiger partial charge in [0.1, 0.15) is 23.7 Å². The number of carbonyl (C=O) groups is 3. The number of halogens is 2. The molecule has 0 bridgehead atoms. The van der Waals surface area contributed by atoms with E-state index in [-0.39, 0.29) is 18.0 Å². The Labute approximate surface area is 204 Å². The van der Waals surface area contributed by atoms with Crippen molar-refractivity contribution in [1.29, 1.82) is 0 Å². The van der Waals surface area contributed by atoms with Crippen LogP contribution in [0.1, 0.15) is 23.6 Å². The van der Waals surface area contributed by atoms with Crippen LogP contribution in [0, 0.1) is 5.82 Å². The molecular formula is C26H20BrFN2O4. The molecule has 0 aliphatic carbocycles. The minimum Gasteiger partial charge on any atom is -0.488 e. The van der Waals surface area contributed by atoms with Crippen LogP contribution < -0.4 is 15.0 Å². The lowest BCUT2D eigenvalue weighted by molar-refractivity contribution is -0.122. The molecule has 3 aromatic rings. The number of nitrogens with one attached hydrogen (secondary N) is 1. The largest absolute Gasteiger partial charge is 0.488 e. The fourth-order valence-corrected chi connectivity index (χ4v) is 3.81. The van der Waals surface area contributed by atoms with Crippen molar-refractivity contribution in [2.24, 2.45) is 0 Å². The number of imide groups is 2. The predicted molar refractivity (Wildman–Crippen MR) is 130 cm³/mol. The number of hydrogen-bond acceptors (Lipinski definition) is 4. The number of anilines is 1. The Hall–Kier alpha value is -3.78. The van der Waals surface area contributed by atoms with Crippen molar-refractivity contribution in [3.05, 3.63) is 99.3 Å². The van der Waals surface area contributed by atoms with Gasteiger partial charge in [-0.1, -0.05) is 47.1 Å². The quantitative estimate of drug-likeness (QED) is 0.347. The molecule has 1 N–H and O–H groups in total. The lowest BCUT2D eigenvalue weighted by atomic mass is 10.1. The van der Waals surface area contributed by atoms with Crippen molar-refractivity contribution in [3.63, 3.8) is 0 Å². The average molecular weight is 523 g/mol. The molecule has 34 heavy (non-hydrogen) atoms. The van der Waals surface area contributed by atoms with E-state index in [0.29, 0.717) is 21.5 Å². The van der Waals surface area contributed by atoms with Crippen molar-refractivity contribution in [2.45, 2.75) is 20.0 Å². The molecule has 1 saturated heterocycles.